The molecular weight excluding hydrogens is 242 g/mol. The molecule has 3 unspecified atom stereocenters. The molecule has 1 aliphatic carbocycles. The van der Waals surface area contributed by atoms with E-state index in [-0.39, 0.29) is 0 Å². The second-order valence-corrected chi connectivity index (χ2v) is 6.14. The van der Waals surface area contributed by atoms with Crippen molar-refractivity contribution in [3.63, 3.8) is 0 Å². The summed E-state index contributed by atoms with van der Waals surface area (Å²) in [7, 11) is 0. The topological polar surface area (TPSA) is 12.0 Å². The second kappa shape index (κ2) is 6.08. The normalized spacial score (nSPS) is 24.0. The Morgan fingerprint density at radius 1 is 1.44 bits per heavy atom. The van der Waals surface area contributed by atoms with Crippen LogP contribution in [-0.2, 0) is 6.42 Å². The Kier molecular flexibility index (Phi) is 4.69. The minimum Gasteiger partial charge on any atom is -0.313 e. The van der Waals surface area contributed by atoms with Crippen LogP contribution >= 0.6 is 11.6 Å². The summed E-state index contributed by atoms with van der Waals surface area (Å²) in [6.07, 6.45) is 3.62. The first-order valence-corrected chi connectivity index (χ1v) is 7.48. The summed E-state index contributed by atoms with van der Waals surface area (Å²) in [6.45, 7) is 7.77. The number of rotatable bonds is 6. The van der Waals surface area contributed by atoms with Crippen molar-refractivity contribution >= 4 is 11.6 Å². The van der Waals surface area contributed by atoms with Crippen LogP contribution < -0.4 is 5.32 Å². The molecule has 0 bridgehead atoms. The van der Waals surface area contributed by atoms with Crippen molar-refractivity contribution in [2.45, 2.75) is 46.1 Å². The molecule has 0 saturated heterocycles. The van der Waals surface area contributed by atoms with Gasteiger partial charge in [-0.25, -0.2) is 0 Å². The first kappa shape index (κ1) is 13.9. The number of hydrogen-bond donors (Lipinski definition) is 1. The van der Waals surface area contributed by atoms with Crippen LogP contribution in [0.3, 0.4) is 0 Å². The molecular formula is C16H24ClN. The van der Waals surface area contributed by atoms with Crippen LogP contribution in [0.2, 0.25) is 5.02 Å². The molecule has 0 aromatic heterocycles. The van der Waals surface area contributed by atoms with Gasteiger partial charge in [-0.2, -0.15) is 0 Å². The van der Waals surface area contributed by atoms with E-state index >= 15 is 0 Å². The molecule has 3 atom stereocenters. The highest BCUT2D eigenvalue weighted by Crippen LogP contribution is 2.41. The summed E-state index contributed by atoms with van der Waals surface area (Å²) in [5.41, 5.74) is 2.52. The predicted octanol–water partition coefficient (Wildman–Crippen LogP) is 4.22. The molecule has 0 radical (unpaired) electrons. The molecule has 1 saturated carbocycles. The highest BCUT2D eigenvalue weighted by Gasteiger charge is 2.39. The molecule has 1 nitrogen and oxygen atoms in total. The van der Waals surface area contributed by atoms with E-state index in [4.69, 9.17) is 11.6 Å². The summed E-state index contributed by atoms with van der Waals surface area (Å²) >= 11 is 6.34. The fourth-order valence-corrected chi connectivity index (χ4v) is 2.98. The number of nitrogens with one attached hydrogen (secondary N) is 1. The first-order chi connectivity index (χ1) is 8.61. The van der Waals surface area contributed by atoms with Gasteiger partial charge < -0.3 is 5.32 Å². The maximum absolute atomic E-state index is 6.34. The van der Waals surface area contributed by atoms with E-state index in [1.54, 1.807) is 0 Å². The van der Waals surface area contributed by atoms with E-state index < -0.39 is 0 Å². The van der Waals surface area contributed by atoms with E-state index in [9.17, 15) is 0 Å². The Labute approximate surface area is 116 Å². The lowest BCUT2D eigenvalue weighted by molar-refractivity contribution is 0.443. The van der Waals surface area contributed by atoms with Crippen LogP contribution in [0.5, 0.6) is 0 Å². The third-order valence-electron chi connectivity index (χ3n) is 3.99. The fourth-order valence-electron chi connectivity index (χ4n) is 2.67. The van der Waals surface area contributed by atoms with E-state index in [1.165, 1.54) is 24.0 Å². The molecule has 0 heterocycles. The van der Waals surface area contributed by atoms with E-state index in [0.717, 1.165) is 29.8 Å². The van der Waals surface area contributed by atoms with Crippen molar-refractivity contribution in [2.24, 2.45) is 11.8 Å². The van der Waals surface area contributed by atoms with Gasteiger partial charge >= 0.3 is 0 Å². The molecule has 100 valence electrons. The molecule has 1 fully saturated rings. The van der Waals surface area contributed by atoms with Gasteiger partial charge in [-0.15, -0.1) is 0 Å². The largest absolute Gasteiger partial charge is 0.313 e. The van der Waals surface area contributed by atoms with Gasteiger partial charge in [-0.1, -0.05) is 37.6 Å². The molecule has 1 aromatic rings. The van der Waals surface area contributed by atoms with Gasteiger partial charge in [-0.05, 0) is 61.8 Å². The Bertz CT molecular complexity index is 402. The van der Waals surface area contributed by atoms with Crippen LogP contribution in [0.15, 0.2) is 18.2 Å². The lowest BCUT2D eigenvalue weighted by Gasteiger charge is -2.19. The van der Waals surface area contributed by atoms with Crippen molar-refractivity contribution in [1.29, 1.82) is 0 Å². The van der Waals surface area contributed by atoms with Crippen LogP contribution in [0.25, 0.3) is 0 Å². The maximum Gasteiger partial charge on any atom is 0.0441 e. The molecule has 1 aromatic carbocycles. The van der Waals surface area contributed by atoms with Gasteiger partial charge in [-0.3, -0.25) is 0 Å². The molecule has 0 spiro atoms. The van der Waals surface area contributed by atoms with Gasteiger partial charge in [0.1, 0.15) is 0 Å². The molecule has 1 aliphatic rings. The molecule has 2 heteroatoms. The van der Waals surface area contributed by atoms with Crippen molar-refractivity contribution in [1.82, 2.24) is 5.32 Å². The SMILES string of the molecule is CCCNC(Cc1ccc(C)cc1Cl)C1CC1C. The average molecular weight is 266 g/mol. The van der Waals surface area contributed by atoms with E-state index in [1.807, 2.05) is 0 Å². The quantitative estimate of drug-likeness (QED) is 0.812. The number of hydrogen-bond acceptors (Lipinski definition) is 1. The fraction of sp³-hybridized carbons (Fsp3) is 0.625. The first-order valence-electron chi connectivity index (χ1n) is 7.10. The third kappa shape index (κ3) is 3.49. The van der Waals surface area contributed by atoms with E-state index in [2.05, 4.69) is 44.3 Å². The summed E-state index contributed by atoms with van der Waals surface area (Å²) < 4.78 is 0. The van der Waals surface area contributed by atoms with Crippen molar-refractivity contribution in [3.8, 4) is 0 Å². The summed E-state index contributed by atoms with van der Waals surface area (Å²) in [5.74, 6) is 1.72. The van der Waals surface area contributed by atoms with Crippen LogP contribution in [0, 0.1) is 18.8 Å². The molecule has 18 heavy (non-hydrogen) atoms. The Morgan fingerprint density at radius 3 is 2.72 bits per heavy atom. The van der Waals surface area contributed by atoms with Crippen molar-refractivity contribution in [2.75, 3.05) is 6.54 Å². The standard InChI is InChI=1S/C16H24ClN/c1-4-7-18-16(14-9-12(14)3)10-13-6-5-11(2)8-15(13)17/h5-6,8,12,14,16,18H,4,7,9-10H2,1-3H3. The highest BCUT2D eigenvalue weighted by molar-refractivity contribution is 6.31. The predicted molar refractivity (Wildman–Crippen MR) is 79.2 cm³/mol. The Hall–Kier alpha value is -0.530. The monoisotopic (exact) mass is 265 g/mol. The maximum atomic E-state index is 6.34. The van der Waals surface area contributed by atoms with Gasteiger partial charge in [0, 0.05) is 11.1 Å². The van der Waals surface area contributed by atoms with E-state index in [0.29, 0.717) is 6.04 Å². The zero-order chi connectivity index (χ0) is 13.1. The Morgan fingerprint density at radius 2 is 2.17 bits per heavy atom. The zero-order valence-corrected chi connectivity index (χ0v) is 12.4. The molecule has 0 aliphatic heterocycles. The lowest BCUT2D eigenvalue weighted by atomic mass is 10.00. The number of aryl methyl sites for hydroxylation is 1. The molecule has 2 rings (SSSR count). The molecule has 1 N–H and O–H groups in total. The average Bonchev–Trinajstić information content (AvgIpc) is 3.04. The third-order valence-corrected chi connectivity index (χ3v) is 4.35. The van der Waals surface area contributed by atoms with Gasteiger partial charge in [0.2, 0.25) is 0 Å². The van der Waals surface area contributed by atoms with Crippen LogP contribution in [0.4, 0.5) is 0 Å². The minimum absolute atomic E-state index is 0.597. The van der Waals surface area contributed by atoms with Crippen LogP contribution in [-0.4, -0.2) is 12.6 Å². The summed E-state index contributed by atoms with van der Waals surface area (Å²) in [6, 6.07) is 7.02. The highest BCUT2D eigenvalue weighted by atomic mass is 35.5. The van der Waals surface area contributed by atoms with Crippen molar-refractivity contribution < 1.29 is 0 Å². The van der Waals surface area contributed by atoms with Gasteiger partial charge in [0.15, 0.2) is 0 Å². The zero-order valence-electron chi connectivity index (χ0n) is 11.7. The summed E-state index contributed by atoms with van der Waals surface area (Å²) in [4.78, 5) is 0. The molecule has 0 amide bonds. The van der Waals surface area contributed by atoms with Crippen molar-refractivity contribution in [3.05, 3.63) is 34.3 Å². The summed E-state index contributed by atoms with van der Waals surface area (Å²) in [5, 5.41) is 4.62. The van der Waals surface area contributed by atoms with Gasteiger partial charge in [0.05, 0.1) is 0 Å². The van der Waals surface area contributed by atoms with Crippen LogP contribution in [0.1, 0.15) is 37.8 Å². The lowest BCUT2D eigenvalue weighted by Crippen LogP contribution is -2.34. The smallest absolute Gasteiger partial charge is 0.0441 e. The minimum atomic E-state index is 0.597. The Balaban J connectivity index is 2.03. The number of halogens is 1. The number of benzene rings is 1. The van der Waals surface area contributed by atoms with Gasteiger partial charge in [0.25, 0.3) is 0 Å². The second-order valence-electron chi connectivity index (χ2n) is 5.74.